The van der Waals surface area contributed by atoms with E-state index in [0.29, 0.717) is 17.9 Å². The van der Waals surface area contributed by atoms with Gasteiger partial charge in [-0.2, -0.15) is 13.5 Å². The van der Waals surface area contributed by atoms with Crippen LogP contribution in [-0.2, 0) is 22.4 Å². The smallest absolute Gasteiger partial charge is 0.323 e. The van der Waals surface area contributed by atoms with Crippen LogP contribution in [0.1, 0.15) is 30.0 Å². The number of phenols is 1. The summed E-state index contributed by atoms with van der Waals surface area (Å²) in [5.74, 6) is -0.522. The van der Waals surface area contributed by atoms with Crippen molar-refractivity contribution in [2.75, 3.05) is 6.79 Å². The molecule has 0 aromatic heterocycles. The molecular formula is C23H30N2O8S. The Hall–Kier alpha value is -3.25. The molecule has 0 radical (unpaired) electrons. The van der Waals surface area contributed by atoms with Crippen molar-refractivity contribution in [3.05, 3.63) is 59.2 Å². The second-order valence-electron chi connectivity index (χ2n) is 8.01. The van der Waals surface area contributed by atoms with Gasteiger partial charge in [-0.15, -0.1) is 0 Å². The van der Waals surface area contributed by atoms with Gasteiger partial charge >= 0.3 is 11.9 Å². The Labute approximate surface area is 203 Å². The van der Waals surface area contributed by atoms with Crippen LogP contribution in [0.4, 0.5) is 0 Å². The van der Waals surface area contributed by atoms with Gasteiger partial charge in [-0.3, -0.25) is 9.59 Å². The summed E-state index contributed by atoms with van der Waals surface area (Å²) in [7, 11) is 0. The van der Waals surface area contributed by atoms with Gasteiger partial charge in [0, 0.05) is 6.42 Å². The van der Waals surface area contributed by atoms with Gasteiger partial charge in [0.15, 0.2) is 11.5 Å². The highest BCUT2D eigenvalue weighted by molar-refractivity contribution is 7.59. The number of hydrogen-bond acceptors (Lipinski definition) is 7. The Morgan fingerprint density at radius 2 is 1.79 bits per heavy atom. The molecule has 11 heteroatoms. The maximum Gasteiger partial charge on any atom is 0.323 e. The number of allylic oxidation sites excluding steroid dienone is 1. The summed E-state index contributed by atoms with van der Waals surface area (Å²) in [6.45, 7) is 1.69. The zero-order chi connectivity index (χ0) is 23.5. The number of ether oxygens (including phenoxy) is 2. The molecule has 2 atom stereocenters. The predicted molar refractivity (Wildman–Crippen MR) is 131 cm³/mol. The molecule has 10 nitrogen and oxygen atoms in total. The summed E-state index contributed by atoms with van der Waals surface area (Å²) >= 11 is 0. The number of nitrogens with two attached hydrogens (primary N) is 2. The van der Waals surface area contributed by atoms with Crippen molar-refractivity contribution in [2.24, 2.45) is 11.5 Å². The number of carboxylic acids is 2. The quantitative estimate of drug-likeness (QED) is 0.391. The number of aliphatic carboxylic acids is 2. The molecule has 0 saturated carbocycles. The van der Waals surface area contributed by atoms with Gasteiger partial charge in [0.05, 0.1) is 0 Å². The Morgan fingerprint density at radius 3 is 2.44 bits per heavy atom. The van der Waals surface area contributed by atoms with Gasteiger partial charge in [0.25, 0.3) is 0 Å². The number of rotatable bonds is 6. The van der Waals surface area contributed by atoms with E-state index in [1.807, 2.05) is 12.1 Å². The van der Waals surface area contributed by atoms with E-state index in [1.165, 1.54) is 6.92 Å². The third-order valence-corrected chi connectivity index (χ3v) is 5.26. The molecule has 2 aliphatic rings. The van der Waals surface area contributed by atoms with E-state index in [-0.39, 0.29) is 37.9 Å². The van der Waals surface area contributed by atoms with Crippen molar-refractivity contribution in [1.82, 2.24) is 0 Å². The topological polar surface area (TPSA) is 197 Å². The van der Waals surface area contributed by atoms with Gasteiger partial charge in [-0.05, 0) is 66.3 Å². The van der Waals surface area contributed by atoms with Gasteiger partial charge in [-0.1, -0.05) is 18.2 Å². The predicted octanol–water partition coefficient (Wildman–Crippen LogP) is 1.18. The van der Waals surface area contributed by atoms with Crippen molar-refractivity contribution >= 4 is 31.0 Å². The van der Waals surface area contributed by atoms with Crippen LogP contribution in [0.3, 0.4) is 0 Å². The highest BCUT2D eigenvalue weighted by atomic mass is 32.1. The van der Waals surface area contributed by atoms with Crippen LogP contribution in [0, 0.1) is 0 Å². The molecule has 34 heavy (non-hydrogen) atoms. The van der Waals surface area contributed by atoms with E-state index in [4.69, 9.17) is 31.2 Å². The van der Waals surface area contributed by atoms with E-state index in [9.17, 15) is 14.7 Å². The maximum absolute atomic E-state index is 10.9. The number of carbonyl (C=O) groups is 2. The first-order valence-electron chi connectivity index (χ1n) is 9.97. The summed E-state index contributed by atoms with van der Waals surface area (Å²) in [4.78, 5) is 21.5. The largest absolute Gasteiger partial charge is 0.508 e. The second-order valence-corrected chi connectivity index (χ2v) is 8.01. The molecule has 1 heterocycles. The molecule has 1 aliphatic carbocycles. The first kappa shape index (κ1) is 28.8. The highest BCUT2D eigenvalue weighted by Gasteiger charge is 2.28. The van der Waals surface area contributed by atoms with Crippen LogP contribution in [0.2, 0.25) is 0 Å². The Kier molecular flexibility index (Phi) is 9.95. The molecule has 0 saturated heterocycles. The average Bonchev–Trinajstić information content (AvgIpc) is 3.34. The number of phenolic OH excluding ortho intramolecular Hbond substituents is 1. The van der Waals surface area contributed by atoms with Gasteiger partial charge < -0.3 is 41.7 Å². The first-order valence-corrected chi connectivity index (χ1v) is 9.97. The molecule has 0 bridgehead atoms. The Bertz CT molecular complexity index is 1070. The lowest BCUT2D eigenvalue weighted by Gasteiger charge is -2.19. The van der Waals surface area contributed by atoms with E-state index in [0.717, 1.165) is 28.7 Å². The number of hydrogen-bond donors (Lipinski definition) is 5. The summed E-state index contributed by atoms with van der Waals surface area (Å²) < 4.78 is 10.4. The van der Waals surface area contributed by atoms with Crippen LogP contribution in [-0.4, -0.2) is 51.1 Å². The number of fused-ring (bicyclic) bond motifs is 2. The van der Waals surface area contributed by atoms with Crippen LogP contribution in [0.5, 0.6) is 17.2 Å². The average molecular weight is 495 g/mol. The number of aromatic hydroxyl groups is 1. The molecule has 4 rings (SSSR count). The lowest BCUT2D eigenvalue weighted by atomic mass is 9.94. The monoisotopic (exact) mass is 494 g/mol. The molecule has 2 unspecified atom stereocenters. The molecule has 2 aromatic rings. The van der Waals surface area contributed by atoms with Crippen molar-refractivity contribution in [3.8, 4) is 17.2 Å². The molecule has 1 aliphatic heterocycles. The van der Waals surface area contributed by atoms with Crippen molar-refractivity contribution in [1.29, 1.82) is 0 Å². The number of benzene rings is 2. The minimum Gasteiger partial charge on any atom is -0.508 e. The van der Waals surface area contributed by atoms with E-state index >= 15 is 0 Å². The summed E-state index contributed by atoms with van der Waals surface area (Å²) in [5, 5.41) is 27.0. The summed E-state index contributed by atoms with van der Waals surface area (Å²) in [6.07, 6.45) is 3.29. The molecular weight excluding hydrogens is 464 g/mol. The summed E-state index contributed by atoms with van der Waals surface area (Å²) in [6, 6.07) is 9.56. The van der Waals surface area contributed by atoms with Crippen molar-refractivity contribution in [2.45, 2.75) is 37.8 Å². The molecule has 0 spiro atoms. The van der Waals surface area contributed by atoms with Crippen LogP contribution >= 0.6 is 13.5 Å². The van der Waals surface area contributed by atoms with Crippen LogP contribution in [0.25, 0.3) is 5.57 Å². The molecule has 0 amide bonds. The fraction of sp³-hybridized carbons (Fsp3) is 0.304. The highest BCUT2D eigenvalue weighted by Crippen LogP contribution is 2.34. The molecule has 186 valence electrons. The Balaban J connectivity index is 0.000000321. The van der Waals surface area contributed by atoms with E-state index in [1.54, 1.807) is 30.3 Å². The normalized spacial score (nSPS) is 15.2. The maximum atomic E-state index is 10.9. The fourth-order valence-electron chi connectivity index (χ4n) is 3.45. The minimum absolute atomic E-state index is 0. The fourth-order valence-corrected chi connectivity index (χ4v) is 3.45. The van der Waals surface area contributed by atoms with Crippen LogP contribution < -0.4 is 20.9 Å². The van der Waals surface area contributed by atoms with Crippen molar-refractivity contribution < 1.29 is 39.9 Å². The lowest BCUT2D eigenvalue weighted by molar-refractivity contribution is -0.142. The molecule has 0 fully saturated rings. The molecule has 9 N–H and O–H groups in total. The molecule has 2 aromatic carbocycles. The van der Waals surface area contributed by atoms with E-state index < -0.39 is 23.5 Å². The van der Waals surface area contributed by atoms with Gasteiger partial charge in [-0.25, -0.2) is 0 Å². The Morgan fingerprint density at radius 1 is 1.12 bits per heavy atom. The SMILES string of the molecule is CC(N)(Cc1ccc2c(c1)OCO2)C(=O)O.NC(CC1=CCc2ccc(O)cc21)C(=O)O.O.S. The third-order valence-electron chi connectivity index (χ3n) is 5.26. The standard InChI is InChI=1S/C12H13NO3.C11H13NO4.H2O.H2S/c13-11(12(15)16)5-8-2-1-7-3-4-9(14)6-10(7)8;1-11(12,10(13)14)5-7-2-3-8-9(4-7)16-6-15-8;;/h2-4,6,11,14H,1,5,13H2,(H,15,16);2-4H,5-6,12H2,1H3,(H,13,14);2*1H2. The van der Waals surface area contributed by atoms with Crippen LogP contribution in [0.15, 0.2) is 42.5 Å². The number of carboxylic acid groups (broad SMARTS) is 2. The van der Waals surface area contributed by atoms with Gasteiger partial charge in [0.1, 0.15) is 17.3 Å². The third kappa shape index (κ3) is 6.87. The zero-order valence-electron chi connectivity index (χ0n) is 18.6. The lowest BCUT2D eigenvalue weighted by Crippen LogP contribution is -2.46. The summed E-state index contributed by atoms with van der Waals surface area (Å²) in [5.41, 5.74) is 13.6. The first-order chi connectivity index (χ1) is 15.1. The second kappa shape index (κ2) is 11.7. The van der Waals surface area contributed by atoms with Gasteiger partial charge in [0.2, 0.25) is 6.79 Å². The minimum atomic E-state index is -1.27. The van der Waals surface area contributed by atoms with E-state index in [2.05, 4.69) is 0 Å². The van der Waals surface area contributed by atoms with Crippen molar-refractivity contribution in [3.63, 3.8) is 0 Å². The zero-order valence-corrected chi connectivity index (χ0v) is 19.6.